The van der Waals surface area contributed by atoms with E-state index in [0.717, 1.165) is 16.9 Å². The topological polar surface area (TPSA) is 117 Å². The van der Waals surface area contributed by atoms with Crippen molar-refractivity contribution in [2.75, 3.05) is 14.1 Å². The van der Waals surface area contributed by atoms with Crippen LogP contribution in [0.1, 0.15) is 15.4 Å². The number of carboxylic acid groups (broad SMARTS) is 1. The molecule has 3 rings (SSSR count). The number of amides is 2. The Bertz CT molecular complexity index is 1190. The van der Waals surface area contributed by atoms with Crippen LogP contribution in [-0.4, -0.2) is 49.5 Å². The average molecular weight is 446 g/mol. The summed E-state index contributed by atoms with van der Waals surface area (Å²) in [6.07, 6.45) is -0.0291. The summed E-state index contributed by atoms with van der Waals surface area (Å²) < 4.78 is 26.4. The minimum Gasteiger partial charge on any atom is -0.465 e. The van der Waals surface area contributed by atoms with Crippen molar-refractivity contribution in [3.63, 3.8) is 0 Å². The summed E-state index contributed by atoms with van der Waals surface area (Å²) in [7, 11) is -0.771. The van der Waals surface area contributed by atoms with Crippen LogP contribution < -0.4 is 5.32 Å². The molecule has 0 saturated carbocycles. The Hall–Kier alpha value is -3.24. The second-order valence-corrected chi connectivity index (χ2v) is 9.84. The normalized spacial score (nSPS) is 11.1. The van der Waals surface area contributed by atoms with Gasteiger partial charge in [-0.1, -0.05) is 30.3 Å². The van der Waals surface area contributed by atoms with Crippen LogP contribution in [0.5, 0.6) is 0 Å². The SMILES string of the molecule is CN(C)C(=O)c1cc(-c2ccccc2)cc(S(=O)(=O)c2cnc(CNC(=O)O)s2)c1. The van der Waals surface area contributed by atoms with E-state index >= 15 is 0 Å². The molecule has 0 spiro atoms. The zero-order valence-corrected chi connectivity index (χ0v) is 17.8. The van der Waals surface area contributed by atoms with Gasteiger partial charge in [0.1, 0.15) is 9.22 Å². The number of sulfone groups is 1. The lowest BCUT2D eigenvalue weighted by molar-refractivity contribution is 0.0827. The second-order valence-electron chi connectivity index (χ2n) is 6.55. The van der Waals surface area contributed by atoms with Gasteiger partial charge in [0.15, 0.2) is 0 Å². The Morgan fingerprint density at radius 2 is 1.80 bits per heavy atom. The number of hydrogen-bond acceptors (Lipinski definition) is 6. The molecule has 0 radical (unpaired) electrons. The van der Waals surface area contributed by atoms with Crippen molar-refractivity contribution in [1.82, 2.24) is 15.2 Å². The Kier molecular flexibility index (Phi) is 6.18. The molecule has 1 aromatic heterocycles. The number of nitrogens with one attached hydrogen (secondary N) is 1. The van der Waals surface area contributed by atoms with Crippen LogP contribution in [0.2, 0.25) is 0 Å². The quantitative estimate of drug-likeness (QED) is 0.602. The van der Waals surface area contributed by atoms with E-state index in [9.17, 15) is 18.0 Å². The first kappa shape index (κ1) is 21.5. The fourth-order valence-electron chi connectivity index (χ4n) is 2.70. The fourth-order valence-corrected chi connectivity index (χ4v) is 5.29. The molecule has 2 N–H and O–H groups in total. The molecule has 156 valence electrons. The first-order valence-electron chi connectivity index (χ1n) is 8.77. The third kappa shape index (κ3) is 4.66. The van der Waals surface area contributed by atoms with Gasteiger partial charge in [-0.05, 0) is 29.3 Å². The van der Waals surface area contributed by atoms with Crippen LogP contribution in [0.4, 0.5) is 4.79 Å². The highest BCUT2D eigenvalue weighted by atomic mass is 32.2. The van der Waals surface area contributed by atoms with Crippen LogP contribution in [0.15, 0.2) is 63.8 Å². The predicted molar refractivity (Wildman–Crippen MR) is 112 cm³/mol. The molecule has 0 atom stereocenters. The molecule has 3 aromatic rings. The lowest BCUT2D eigenvalue weighted by atomic mass is 10.0. The van der Waals surface area contributed by atoms with Gasteiger partial charge < -0.3 is 15.3 Å². The lowest BCUT2D eigenvalue weighted by Crippen LogP contribution is -2.22. The average Bonchev–Trinajstić information content (AvgIpc) is 3.22. The third-order valence-electron chi connectivity index (χ3n) is 4.17. The summed E-state index contributed by atoms with van der Waals surface area (Å²) in [6.45, 7) is -0.0933. The van der Waals surface area contributed by atoms with Crippen molar-refractivity contribution in [2.45, 2.75) is 15.6 Å². The smallest absolute Gasteiger partial charge is 0.405 e. The highest BCUT2D eigenvalue weighted by molar-refractivity contribution is 7.93. The highest BCUT2D eigenvalue weighted by Crippen LogP contribution is 2.31. The van der Waals surface area contributed by atoms with Crippen LogP contribution in [0.25, 0.3) is 11.1 Å². The van der Waals surface area contributed by atoms with Gasteiger partial charge in [-0.15, -0.1) is 11.3 Å². The number of carbonyl (C=O) groups excluding carboxylic acids is 1. The molecule has 10 heteroatoms. The van der Waals surface area contributed by atoms with Gasteiger partial charge in [0.05, 0.1) is 17.6 Å². The molecule has 1 heterocycles. The zero-order chi connectivity index (χ0) is 21.9. The lowest BCUT2D eigenvalue weighted by Gasteiger charge is -2.13. The molecule has 0 bridgehead atoms. The first-order valence-corrected chi connectivity index (χ1v) is 11.1. The van der Waals surface area contributed by atoms with Gasteiger partial charge in [-0.2, -0.15) is 0 Å². The number of benzene rings is 2. The van der Waals surface area contributed by atoms with E-state index < -0.39 is 15.9 Å². The maximum atomic E-state index is 13.2. The van der Waals surface area contributed by atoms with Gasteiger partial charge in [-0.25, -0.2) is 18.2 Å². The number of nitrogens with zero attached hydrogens (tertiary/aromatic N) is 2. The van der Waals surface area contributed by atoms with Gasteiger partial charge in [0.25, 0.3) is 5.91 Å². The summed E-state index contributed by atoms with van der Waals surface area (Å²) in [5.74, 6) is -0.320. The monoisotopic (exact) mass is 445 g/mol. The number of carbonyl (C=O) groups is 2. The number of hydrogen-bond donors (Lipinski definition) is 2. The molecule has 2 aromatic carbocycles. The van der Waals surface area contributed by atoms with Crippen molar-refractivity contribution < 1.29 is 23.1 Å². The summed E-state index contributed by atoms with van der Waals surface area (Å²) >= 11 is 0.879. The standard InChI is InChI=1S/C20H19N3O5S2/c1-23(2)19(24)15-8-14(13-6-4-3-5-7-13)9-16(10-15)30(27,28)18-12-21-17(29-18)11-22-20(25)26/h3-10,12,22H,11H2,1-2H3,(H,25,26). The molecule has 0 unspecified atom stereocenters. The van der Waals surface area contributed by atoms with Crippen molar-refractivity contribution >= 4 is 33.2 Å². The molecule has 0 aliphatic carbocycles. The molecular formula is C20H19N3O5S2. The summed E-state index contributed by atoms with van der Waals surface area (Å²) in [4.78, 5) is 28.5. The van der Waals surface area contributed by atoms with Crippen molar-refractivity contribution in [3.8, 4) is 11.1 Å². The molecule has 0 fully saturated rings. The first-order chi connectivity index (χ1) is 14.2. The van der Waals surface area contributed by atoms with Crippen molar-refractivity contribution in [3.05, 3.63) is 65.3 Å². The van der Waals surface area contributed by atoms with E-state index in [2.05, 4.69) is 10.3 Å². The molecule has 2 amide bonds. The van der Waals surface area contributed by atoms with Crippen LogP contribution in [-0.2, 0) is 16.4 Å². The number of rotatable bonds is 6. The van der Waals surface area contributed by atoms with E-state index in [1.807, 2.05) is 30.3 Å². The van der Waals surface area contributed by atoms with E-state index in [0.29, 0.717) is 10.6 Å². The van der Waals surface area contributed by atoms with E-state index in [1.165, 1.54) is 23.2 Å². The zero-order valence-electron chi connectivity index (χ0n) is 16.2. The Balaban J connectivity index is 2.08. The summed E-state index contributed by atoms with van der Waals surface area (Å²) in [5.41, 5.74) is 1.62. The molecular weight excluding hydrogens is 426 g/mol. The molecule has 0 aliphatic heterocycles. The highest BCUT2D eigenvalue weighted by Gasteiger charge is 2.24. The molecule has 0 aliphatic rings. The van der Waals surface area contributed by atoms with Crippen LogP contribution in [0, 0.1) is 0 Å². The minimum absolute atomic E-state index is 0.0295. The van der Waals surface area contributed by atoms with Gasteiger partial charge in [-0.3, -0.25) is 4.79 Å². The second kappa shape index (κ2) is 8.64. The minimum atomic E-state index is -3.96. The summed E-state index contributed by atoms with van der Waals surface area (Å²) in [6, 6.07) is 13.7. The van der Waals surface area contributed by atoms with E-state index in [4.69, 9.17) is 5.11 Å². The number of aromatic nitrogens is 1. The number of thiazole rings is 1. The Morgan fingerprint density at radius 1 is 1.10 bits per heavy atom. The van der Waals surface area contributed by atoms with E-state index in [1.54, 1.807) is 20.2 Å². The van der Waals surface area contributed by atoms with Crippen LogP contribution >= 0.6 is 11.3 Å². The predicted octanol–water partition coefficient (Wildman–Crippen LogP) is 3.11. The van der Waals surface area contributed by atoms with Crippen molar-refractivity contribution in [1.29, 1.82) is 0 Å². The maximum Gasteiger partial charge on any atom is 0.405 e. The largest absolute Gasteiger partial charge is 0.465 e. The van der Waals surface area contributed by atoms with Gasteiger partial charge in [0.2, 0.25) is 9.84 Å². The van der Waals surface area contributed by atoms with Crippen molar-refractivity contribution in [2.24, 2.45) is 0 Å². The van der Waals surface area contributed by atoms with Gasteiger partial charge >= 0.3 is 6.09 Å². The Morgan fingerprint density at radius 3 is 2.43 bits per heavy atom. The Labute approximate surface area is 177 Å². The fraction of sp³-hybridized carbons (Fsp3) is 0.150. The third-order valence-corrected chi connectivity index (χ3v) is 7.36. The molecule has 0 saturated heterocycles. The molecule has 30 heavy (non-hydrogen) atoms. The maximum absolute atomic E-state index is 13.2. The van der Waals surface area contributed by atoms with E-state index in [-0.39, 0.29) is 27.1 Å². The van der Waals surface area contributed by atoms with Crippen LogP contribution in [0.3, 0.4) is 0 Å². The van der Waals surface area contributed by atoms with Gasteiger partial charge in [0, 0.05) is 19.7 Å². The summed E-state index contributed by atoms with van der Waals surface area (Å²) in [5, 5.41) is 11.2. The molecule has 8 nitrogen and oxygen atoms in total.